The highest BCUT2D eigenvalue weighted by Crippen LogP contribution is 2.66. The van der Waals surface area contributed by atoms with Gasteiger partial charge in [0.15, 0.2) is 0 Å². The van der Waals surface area contributed by atoms with Crippen LogP contribution in [0.4, 0.5) is 26.3 Å². The predicted octanol–water partition coefficient (Wildman–Crippen LogP) is 3.99. The monoisotopic (exact) mass is 565 g/mol. The lowest BCUT2D eigenvalue weighted by Gasteiger charge is -2.43. The maximum Gasteiger partial charge on any atom is 0.392 e. The number of amides is 1. The molecule has 0 aromatic carbocycles. The molecule has 222 valence electrons. The van der Waals surface area contributed by atoms with E-state index < -0.39 is 47.6 Å². The number of carbonyl (C=O) groups excluding carboxylic acids is 1. The van der Waals surface area contributed by atoms with Gasteiger partial charge in [0.25, 0.3) is 5.92 Å². The van der Waals surface area contributed by atoms with Crippen molar-refractivity contribution in [3.63, 3.8) is 0 Å². The molecule has 7 unspecified atom stereocenters. The summed E-state index contributed by atoms with van der Waals surface area (Å²) in [6.07, 6.45) is -2.40. The van der Waals surface area contributed by atoms with Crippen molar-refractivity contribution in [3.8, 4) is 0 Å². The molecule has 12 heteroatoms. The van der Waals surface area contributed by atoms with E-state index in [0.29, 0.717) is 71.1 Å². The first kappa shape index (κ1) is 28.0. The maximum absolute atomic E-state index is 15.9. The van der Waals surface area contributed by atoms with Crippen LogP contribution >= 0.6 is 0 Å². The summed E-state index contributed by atoms with van der Waals surface area (Å²) in [4.78, 5) is 18.8. The van der Waals surface area contributed by atoms with Crippen LogP contribution < -0.4 is 10.9 Å². The number of nitrogens with one attached hydrogen (secondary N) is 2. The van der Waals surface area contributed by atoms with E-state index in [2.05, 4.69) is 10.9 Å². The van der Waals surface area contributed by atoms with Crippen molar-refractivity contribution in [2.24, 2.45) is 35.0 Å². The minimum Gasteiger partial charge on any atom is -0.339 e. The molecule has 39 heavy (non-hydrogen) atoms. The molecule has 0 spiro atoms. The Morgan fingerprint density at radius 1 is 1.03 bits per heavy atom. The molecule has 6 nitrogen and oxygen atoms in total. The number of alkyl halides is 6. The van der Waals surface area contributed by atoms with Gasteiger partial charge in [0.05, 0.1) is 12.6 Å². The van der Waals surface area contributed by atoms with Crippen LogP contribution in [0.5, 0.6) is 0 Å². The molecule has 3 saturated carbocycles. The minimum absolute atomic E-state index is 0.0300. The average Bonchev–Trinajstić information content (AvgIpc) is 3.28. The van der Waals surface area contributed by atoms with Gasteiger partial charge in [-0.2, -0.15) is 13.2 Å². The van der Waals surface area contributed by atoms with Gasteiger partial charge in [-0.3, -0.25) is 9.69 Å². The third-order valence-corrected chi connectivity index (χ3v) is 11.0. The molecular weight excluding hydrogens is 524 g/mol. The highest BCUT2D eigenvalue weighted by Gasteiger charge is 2.70. The second-order valence-electron chi connectivity index (χ2n) is 13.3. The third kappa shape index (κ3) is 4.88. The van der Waals surface area contributed by atoms with Gasteiger partial charge < -0.3 is 9.80 Å². The van der Waals surface area contributed by atoms with Crippen LogP contribution in [0.3, 0.4) is 0 Å². The summed E-state index contributed by atoms with van der Waals surface area (Å²) in [5.41, 5.74) is 4.38. The van der Waals surface area contributed by atoms with Gasteiger partial charge in [0.2, 0.25) is 5.91 Å². The van der Waals surface area contributed by atoms with Crippen LogP contribution in [-0.4, -0.2) is 91.0 Å². The summed E-state index contributed by atoms with van der Waals surface area (Å²) in [5, 5.41) is 0. The van der Waals surface area contributed by atoms with Gasteiger partial charge in [-0.25, -0.2) is 24.0 Å². The van der Waals surface area contributed by atoms with E-state index >= 15 is 8.78 Å². The van der Waals surface area contributed by atoms with Crippen molar-refractivity contribution in [3.05, 3.63) is 0 Å². The van der Waals surface area contributed by atoms with E-state index in [9.17, 15) is 22.4 Å². The lowest BCUT2D eigenvalue weighted by Crippen LogP contribution is -2.57. The molecule has 6 fully saturated rings. The topological polar surface area (TPSA) is 50.9 Å². The summed E-state index contributed by atoms with van der Waals surface area (Å²) >= 11 is 0. The Bertz CT molecular complexity index is 931. The lowest BCUT2D eigenvalue weighted by atomic mass is 9.68. The minimum atomic E-state index is -4.41. The first-order chi connectivity index (χ1) is 18.4. The van der Waals surface area contributed by atoms with Gasteiger partial charge in [0.1, 0.15) is 12.3 Å². The zero-order chi connectivity index (χ0) is 27.7. The van der Waals surface area contributed by atoms with Gasteiger partial charge in [0, 0.05) is 43.6 Å². The number of halogens is 6. The molecule has 6 rings (SSSR count). The van der Waals surface area contributed by atoms with Crippen LogP contribution in [-0.2, 0) is 4.79 Å². The van der Waals surface area contributed by atoms with E-state index in [4.69, 9.17) is 0 Å². The van der Waals surface area contributed by atoms with E-state index in [0.717, 1.165) is 0 Å². The second-order valence-corrected chi connectivity index (χ2v) is 13.3. The average molecular weight is 566 g/mol. The summed E-state index contributed by atoms with van der Waals surface area (Å²) in [6.45, 7) is 1.57. The molecule has 3 aliphatic carbocycles. The summed E-state index contributed by atoms with van der Waals surface area (Å²) in [5.74, 6) is -6.82. The molecular formula is C27H41F6N5O. The summed E-state index contributed by atoms with van der Waals surface area (Å²) in [6, 6.07) is -0.291. The summed E-state index contributed by atoms with van der Waals surface area (Å²) in [7, 11) is 1.65. The Hall–Kier alpha value is -1.11. The summed E-state index contributed by atoms with van der Waals surface area (Å²) < 4.78 is 88.2. The van der Waals surface area contributed by atoms with Crippen LogP contribution in [0.15, 0.2) is 0 Å². The molecule has 6 aliphatic rings. The van der Waals surface area contributed by atoms with Crippen molar-refractivity contribution >= 4 is 5.91 Å². The molecule has 0 aromatic heterocycles. The first-order valence-corrected chi connectivity index (χ1v) is 14.7. The molecule has 1 amide bonds. The number of nitrogens with zero attached hydrogens (tertiary/aromatic N) is 3. The molecule has 0 radical (unpaired) electrons. The molecule has 0 bridgehead atoms. The smallest absolute Gasteiger partial charge is 0.339 e. The predicted molar refractivity (Wildman–Crippen MR) is 132 cm³/mol. The van der Waals surface area contributed by atoms with Crippen molar-refractivity contribution in [2.75, 3.05) is 39.9 Å². The zero-order valence-corrected chi connectivity index (χ0v) is 22.5. The SMILES string of the molecule is CN1CNNC1C(F)(F)C1(C2CCCC(N3CC4C(CC(CN5CC[C@H](F)C5)CC4C(F)(F)F)C3=O)C2)CC1. The fourth-order valence-electron chi connectivity index (χ4n) is 8.89. The number of hydrazine groups is 1. The number of likely N-dealkylation sites (tertiary alicyclic amines) is 2. The zero-order valence-electron chi connectivity index (χ0n) is 22.5. The van der Waals surface area contributed by atoms with Crippen LogP contribution in [0.25, 0.3) is 0 Å². The van der Waals surface area contributed by atoms with Crippen molar-refractivity contribution in [1.82, 2.24) is 25.6 Å². The standard InChI is InChI=1S/C27H41F6N5O/c1-36-15-34-35-24(36)26(29,30)25(6-7-25)17-3-2-4-19(11-17)38-14-21-20(23(38)39)9-16(10-22(21)27(31,32)33)12-37-8-5-18(28)13-37/h16-22,24,34-35H,2-15H2,1H3/t16?,17?,18-,19?,20?,21?,22?,24?/m0/s1. The quantitative estimate of drug-likeness (QED) is 0.478. The van der Waals surface area contributed by atoms with Gasteiger partial charge in [-0.15, -0.1) is 0 Å². The van der Waals surface area contributed by atoms with Gasteiger partial charge >= 0.3 is 6.18 Å². The largest absolute Gasteiger partial charge is 0.392 e. The molecule has 3 aliphatic heterocycles. The Kier molecular flexibility index (Phi) is 7.20. The van der Waals surface area contributed by atoms with E-state index in [1.807, 2.05) is 4.90 Å². The highest BCUT2D eigenvalue weighted by atomic mass is 19.4. The van der Waals surface area contributed by atoms with Crippen molar-refractivity contribution in [1.29, 1.82) is 0 Å². The van der Waals surface area contributed by atoms with E-state index in [1.165, 1.54) is 0 Å². The number of hydrogen-bond acceptors (Lipinski definition) is 5. The molecule has 0 aromatic rings. The highest BCUT2D eigenvalue weighted by molar-refractivity contribution is 5.82. The van der Waals surface area contributed by atoms with Gasteiger partial charge in [-0.1, -0.05) is 6.42 Å². The number of rotatable bonds is 6. The Morgan fingerprint density at radius 3 is 2.41 bits per heavy atom. The molecule has 2 N–H and O–H groups in total. The van der Waals surface area contributed by atoms with Crippen molar-refractivity contribution in [2.45, 2.75) is 88.3 Å². The molecule has 8 atom stereocenters. The fourth-order valence-corrected chi connectivity index (χ4v) is 8.89. The second kappa shape index (κ2) is 10.0. The lowest BCUT2D eigenvalue weighted by molar-refractivity contribution is -0.204. The molecule has 3 heterocycles. The van der Waals surface area contributed by atoms with E-state index in [1.54, 1.807) is 16.8 Å². The Labute approximate surface area is 226 Å². The maximum atomic E-state index is 15.9. The molecule has 3 saturated heterocycles. The van der Waals surface area contributed by atoms with E-state index in [-0.39, 0.29) is 43.3 Å². The number of hydrogen-bond donors (Lipinski definition) is 2. The normalized spacial score (nSPS) is 41.8. The first-order valence-electron chi connectivity index (χ1n) is 14.7. The number of carbonyl (C=O) groups is 1. The van der Waals surface area contributed by atoms with Gasteiger partial charge in [-0.05, 0) is 76.2 Å². The van der Waals surface area contributed by atoms with Crippen LogP contribution in [0.1, 0.15) is 57.8 Å². The number of fused-ring (bicyclic) bond motifs is 1. The Balaban J connectivity index is 1.17. The van der Waals surface area contributed by atoms with Crippen LogP contribution in [0.2, 0.25) is 0 Å². The van der Waals surface area contributed by atoms with Crippen LogP contribution in [0, 0.1) is 35.0 Å². The van der Waals surface area contributed by atoms with Crippen molar-refractivity contribution < 1.29 is 31.1 Å². The third-order valence-electron chi connectivity index (χ3n) is 11.0. The Morgan fingerprint density at radius 2 is 1.79 bits per heavy atom. The fraction of sp³-hybridized carbons (Fsp3) is 0.963.